The van der Waals surface area contributed by atoms with Gasteiger partial charge in [-0.05, 0) is 60.9 Å². The summed E-state index contributed by atoms with van der Waals surface area (Å²) in [5.41, 5.74) is 4.68. The van der Waals surface area contributed by atoms with Gasteiger partial charge in [-0.2, -0.15) is 0 Å². The molecule has 6 nitrogen and oxygen atoms in total. The highest BCUT2D eigenvalue weighted by atomic mass is 16.4. The number of nitrogens with zero attached hydrogens (tertiary/aromatic N) is 4. The Morgan fingerprint density at radius 1 is 0.562 bits per heavy atom. The van der Waals surface area contributed by atoms with Crippen LogP contribution < -0.4 is 0 Å². The molecule has 0 fully saturated rings. The molecule has 5 aromatic rings. The van der Waals surface area contributed by atoms with Gasteiger partial charge in [-0.3, -0.25) is 0 Å². The molecule has 0 aliphatic rings. The van der Waals surface area contributed by atoms with E-state index in [2.05, 4.69) is 39.5 Å². The third-order valence-electron chi connectivity index (χ3n) is 5.25. The second kappa shape index (κ2) is 8.98. The van der Waals surface area contributed by atoms with E-state index in [0.29, 0.717) is 23.6 Å². The Balaban J connectivity index is 1.38. The van der Waals surface area contributed by atoms with Gasteiger partial charge in [0.2, 0.25) is 23.6 Å². The maximum Gasteiger partial charge on any atom is 0.248 e. The molecule has 0 aliphatic carbocycles. The molecule has 0 saturated heterocycles. The summed E-state index contributed by atoms with van der Waals surface area (Å²) < 4.78 is 11.8. The van der Waals surface area contributed by atoms with Gasteiger partial charge in [0.05, 0.1) is 0 Å². The predicted molar refractivity (Wildman–Crippen MR) is 123 cm³/mol. The number of aryl methyl sites for hydroxylation is 1. The SMILES string of the molecule is CCCCc1ccc(-c2nnc(-c3cccc(-c4nnc(-c5ccccc5)o4)c3)o2)cc1. The summed E-state index contributed by atoms with van der Waals surface area (Å²) in [5, 5.41) is 16.8. The predicted octanol–water partition coefficient (Wildman–Crippen LogP) is 6.46. The van der Waals surface area contributed by atoms with Crippen molar-refractivity contribution in [2.45, 2.75) is 26.2 Å². The first kappa shape index (κ1) is 19.9. The van der Waals surface area contributed by atoms with Gasteiger partial charge in [0.25, 0.3) is 0 Å². The molecule has 6 heteroatoms. The fourth-order valence-electron chi connectivity index (χ4n) is 3.47. The van der Waals surface area contributed by atoms with Crippen molar-refractivity contribution in [1.29, 1.82) is 0 Å². The lowest BCUT2D eigenvalue weighted by Gasteiger charge is -2.01. The molecule has 0 aliphatic heterocycles. The molecular weight excluding hydrogens is 400 g/mol. The van der Waals surface area contributed by atoms with Crippen LogP contribution in [0, 0.1) is 0 Å². The molecule has 0 spiro atoms. The summed E-state index contributed by atoms with van der Waals surface area (Å²) in [5.74, 6) is 1.86. The van der Waals surface area contributed by atoms with Crippen LogP contribution in [0.2, 0.25) is 0 Å². The Labute approximate surface area is 186 Å². The normalized spacial score (nSPS) is 11.0. The molecule has 2 heterocycles. The van der Waals surface area contributed by atoms with Gasteiger partial charge in [-0.25, -0.2) is 0 Å². The number of hydrogen-bond acceptors (Lipinski definition) is 6. The number of benzene rings is 3. The molecule has 0 bridgehead atoms. The molecule has 0 saturated carbocycles. The quantitative estimate of drug-likeness (QED) is 0.299. The van der Waals surface area contributed by atoms with E-state index >= 15 is 0 Å². The van der Waals surface area contributed by atoms with Crippen molar-refractivity contribution in [3.63, 3.8) is 0 Å². The summed E-state index contributed by atoms with van der Waals surface area (Å²) in [6, 6.07) is 25.6. The van der Waals surface area contributed by atoms with Crippen LogP contribution in [0.3, 0.4) is 0 Å². The van der Waals surface area contributed by atoms with E-state index in [1.165, 1.54) is 18.4 Å². The summed E-state index contributed by atoms with van der Waals surface area (Å²) >= 11 is 0. The Morgan fingerprint density at radius 3 is 1.62 bits per heavy atom. The topological polar surface area (TPSA) is 77.8 Å². The minimum absolute atomic E-state index is 0.438. The van der Waals surface area contributed by atoms with Crippen LogP contribution in [0.1, 0.15) is 25.3 Å². The molecule has 0 amide bonds. The zero-order valence-electron chi connectivity index (χ0n) is 17.7. The summed E-state index contributed by atoms with van der Waals surface area (Å²) in [4.78, 5) is 0. The third-order valence-corrected chi connectivity index (χ3v) is 5.25. The van der Waals surface area contributed by atoms with Crippen molar-refractivity contribution in [1.82, 2.24) is 20.4 Å². The van der Waals surface area contributed by atoms with Crippen LogP contribution in [0.15, 0.2) is 87.7 Å². The van der Waals surface area contributed by atoms with E-state index in [1.54, 1.807) is 0 Å². The monoisotopic (exact) mass is 422 g/mol. The van der Waals surface area contributed by atoms with Crippen LogP contribution in [0.5, 0.6) is 0 Å². The molecule has 0 radical (unpaired) electrons. The highest BCUT2D eigenvalue weighted by molar-refractivity contribution is 5.66. The lowest BCUT2D eigenvalue weighted by atomic mass is 10.1. The van der Waals surface area contributed by atoms with Crippen LogP contribution in [0.4, 0.5) is 0 Å². The number of unbranched alkanes of at least 4 members (excludes halogenated alkanes) is 1. The third kappa shape index (κ3) is 4.21. The van der Waals surface area contributed by atoms with E-state index in [4.69, 9.17) is 8.83 Å². The van der Waals surface area contributed by atoms with Crippen LogP contribution in [-0.4, -0.2) is 20.4 Å². The van der Waals surface area contributed by atoms with Crippen LogP contribution in [-0.2, 0) is 6.42 Å². The lowest BCUT2D eigenvalue weighted by molar-refractivity contribution is 0.582. The van der Waals surface area contributed by atoms with Gasteiger partial charge in [-0.1, -0.05) is 49.7 Å². The highest BCUT2D eigenvalue weighted by Crippen LogP contribution is 2.29. The Hall–Kier alpha value is -4.06. The Morgan fingerprint density at radius 2 is 1.06 bits per heavy atom. The molecule has 0 unspecified atom stereocenters. The zero-order chi connectivity index (χ0) is 21.8. The van der Waals surface area contributed by atoms with Gasteiger partial charge in [0.15, 0.2) is 0 Å². The largest absolute Gasteiger partial charge is 0.416 e. The number of hydrogen-bond donors (Lipinski definition) is 0. The van der Waals surface area contributed by atoms with Gasteiger partial charge < -0.3 is 8.83 Å². The number of rotatable bonds is 7. The summed E-state index contributed by atoms with van der Waals surface area (Å²) in [6.45, 7) is 2.20. The van der Waals surface area contributed by atoms with E-state index < -0.39 is 0 Å². The van der Waals surface area contributed by atoms with Crippen LogP contribution >= 0.6 is 0 Å². The van der Waals surface area contributed by atoms with Gasteiger partial charge in [0, 0.05) is 22.3 Å². The average molecular weight is 422 g/mol. The van der Waals surface area contributed by atoms with Crippen molar-refractivity contribution in [3.05, 3.63) is 84.4 Å². The average Bonchev–Trinajstić information content (AvgIpc) is 3.54. The summed E-state index contributed by atoms with van der Waals surface area (Å²) in [6.07, 6.45) is 3.46. The van der Waals surface area contributed by atoms with Crippen molar-refractivity contribution in [2.24, 2.45) is 0 Å². The van der Waals surface area contributed by atoms with E-state index in [0.717, 1.165) is 28.7 Å². The van der Waals surface area contributed by atoms with Crippen molar-refractivity contribution in [2.75, 3.05) is 0 Å². The Bertz CT molecular complexity index is 1310. The lowest BCUT2D eigenvalue weighted by Crippen LogP contribution is -1.85. The second-order valence-electron chi connectivity index (χ2n) is 7.57. The molecule has 0 atom stereocenters. The van der Waals surface area contributed by atoms with Crippen molar-refractivity contribution in [3.8, 4) is 45.8 Å². The fourth-order valence-corrected chi connectivity index (χ4v) is 3.47. The first-order valence-corrected chi connectivity index (χ1v) is 10.7. The minimum Gasteiger partial charge on any atom is -0.416 e. The Kier molecular flexibility index (Phi) is 5.58. The van der Waals surface area contributed by atoms with E-state index in [-0.39, 0.29) is 0 Å². The van der Waals surface area contributed by atoms with Gasteiger partial charge in [0.1, 0.15) is 0 Å². The first-order valence-electron chi connectivity index (χ1n) is 10.7. The number of aromatic nitrogens is 4. The summed E-state index contributed by atoms with van der Waals surface area (Å²) in [7, 11) is 0. The standard InChI is InChI=1S/C26H22N4O2/c1-2-3-8-18-13-15-20(16-14-18)24-28-30-26(32-24)22-12-7-11-21(17-22)25-29-27-23(31-25)19-9-5-4-6-10-19/h4-7,9-17H,2-3,8H2,1H3. The van der Waals surface area contributed by atoms with Gasteiger partial charge >= 0.3 is 0 Å². The second-order valence-corrected chi connectivity index (χ2v) is 7.57. The molecule has 5 rings (SSSR count). The molecule has 158 valence electrons. The maximum atomic E-state index is 5.95. The van der Waals surface area contributed by atoms with Crippen LogP contribution in [0.25, 0.3) is 45.8 Å². The van der Waals surface area contributed by atoms with E-state index in [9.17, 15) is 0 Å². The van der Waals surface area contributed by atoms with E-state index in [1.807, 2.05) is 66.7 Å². The fraction of sp³-hybridized carbons (Fsp3) is 0.154. The molecule has 3 aromatic carbocycles. The molecule has 32 heavy (non-hydrogen) atoms. The smallest absolute Gasteiger partial charge is 0.248 e. The van der Waals surface area contributed by atoms with Gasteiger partial charge in [-0.15, -0.1) is 20.4 Å². The maximum absolute atomic E-state index is 5.95. The van der Waals surface area contributed by atoms with Crippen molar-refractivity contribution >= 4 is 0 Å². The minimum atomic E-state index is 0.438. The molecule has 2 aromatic heterocycles. The highest BCUT2D eigenvalue weighted by Gasteiger charge is 2.14. The van der Waals surface area contributed by atoms with Crippen molar-refractivity contribution < 1.29 is 8.83 Å². The zero-order valence-corrected chi connectivity index (χ0v) is 17.7. The molecular formula is C26H22N4O2. The first-order chi connectivity index (χ1) is 15.8. The molecule has 0 N–H and O–H groups in total.